The van der Waals surface area contributed by atoms with Crippen LogP contribution in [0.3, 0.4) is 0 Å². The number of aliphatic imine (C=N–C) groups is 1. The highest BCUT2D eigenvalue weighted by Crippen LogP contribution is 2.01. The van der Waals surface area contributed by atoms with Crippen molar-refractivity contribution in [1.29, 1.82) is 0 Å². The lowest BCUT2D eigenvalue weighted by atomic mass is 10.1. The maximum atomic E-state index is 4.71. The Kier molecular flexibility index (Phi) is 14.1. The Hall–Kier alpha value is -0.0400. The van der Waals surface area contributed by atoms with Crippen molar-refractivity contribution in [3.8, 4) is 0 Å². The molecule has 0 aromatic heterocycles. The summed E-state index contributed by atoms with van der Waals surface area (Å²) in [7, 11) is 0. The Morgan fingerprint density at radius 2 is 1.60 bits per heavy atom. The standard InChI is InChI=1S/C15H34N4.HI/c1-8-16-15(18-14(7)12(4)5)17-11-13(6)19(9-2)10-3;/h12-14H,8-11H2,1-7H3,(H2,16,17,18);1H. The molecule has 0 amide bonds. The third-order valence-corrected chi connectivity index (χ3v) is 3.66. The predicted molar refractivity (Wildman–Crippen MR) is 101 cm³/mol. The predicted octanol–water partition coefficient (Wildman–Crippen LogP) is 2.93. The Bertz CT molecular complexity index is 252. The number of hydrogen-bond donors (Lipinski definition) is 2. The molecule has 0 aliphatic rings. The van der Waals surface area contributed by atoms with Gasteiger partial charge in [0.2, 0.25) is 0 Å². The zero-order valence-electron chi connectivity index (χ0n) is 14.4. The van der Waals surface area contributed by atoms with Gasteiger partial charge in [-0.25, -0.2) is 0 Å². The van der Waals surface area contributed by atoms with E-state index in [1.165, 1.54) is 0 Å². The van der Waals surface area contributed by atoms with E-state index in [1.807, 2.05) is 0 Å². The first kappa shape index (κ1) is 22.2. The SMILES string of the molecule is CCNC(=NCC(C)N(CC)CC)NC(C)C(C)C.I. The summed E-state index contributed by atoms with van der Waals surface area (Å²) < 4.78 is 0. The molecule has 2 unspecified atom stereocenters. The van der Waals surface area contributed by atoms with Crippen molar-refractivity contribution in [3.63, 3.8) is 0 Å². The second-order valence-corrected chi connectivity index (χ2v) is 5.47. The number of hydrogen-bond acceptors (Lipinski definition) is 2. The molecule has 0 fully saturated rings. The van der Waals surface area contributed by atoms with E-state index in [1.54, 1.807) is 0 Å². The first-order chi connectivity index (χ1) is 8.96. The van der Waals surface area contributed by atoms with Crippen LogP contribution in [0.15, 0.2) is 4.99 Å². The maximum absolute atomic E-state index is 4.71. The van der Waals surface area contributed by atoms with Crippen molar-refractivity contribution in [1.82, 2.24) is 15.5 Å². The minimum absolute atomic E-state index is 0. The summed E-state index contributed by atoms with van der Waals surface area (Å²) in [5.41, 5.74) is 0. The van der Waals surface area contributed by atoms with Crippen LogP contribution in [0.1, 0.15) is 48.5 Å². The molecular weight excluding hydrogens is 363 g/mol. The Morgan fingerprint density at radius 3 is 2.00 bits per heavy atom. The number of likely N-dealkylation sites (N-methyl/N-ethyl adjacent to an activating group) is 1. The summed E-state index contributed by atoms with van der Waals surface area (Å²) in [4.78, 5) is 7.13. The maximum Gasteiger partial charge on any atom is 0.191 e. The van der Waals surface area contributed by atoms with Gasteiger partial charge in [-0.15, -0.1) is 24.0 Å². The molecule has 0 aliphatic carbocycles. The molecule has 4 nitrogen and oxygen atoms in total. The van der Waals surface area contributed by atoms with Crippen molar-refractivity contribution in [2.24, 2.45) is 10.9 Å². The molecule has 0 aromatic carbocycles. The fraction of sp³-hybridized carbons (Fsp3) is 0.933. The molecule has 0 aliphatic heterocycles. The van der Waals surface area contributed by atoms with E-state index in [0.29, 0.717) is 18.0 Å². The molecule has 0 aromatic rings. The molecule has 20 heavy (non-hydrogen) atoms. The lowest BCUT2D eigenvalue weighted by molar-refractivity contribution is 0.236. The molecular formula is C15H35IN4. The van der Waals surface area contributed by atoms with Crippen molar-refractivity contribution in [2.75, 3.05) is 26.2 Å². The first-order valence-corrected chi connectivity index (χ1v) is 7.75. The molecule has 5 heteroatoms. The lowest BCUT2D eigenvalue weighted by Gasteiger charge is -2.26. The van der Waals surface area contributed by atoms with E-state index in [-0.39, 0.29) is 24.0 Å². The monoisotopic (exact) mass is 398 g/mol. The summed E-state index contributed by atoms with van der Waals surface area (Å²) in [6.07, 6.45) is 0. The van der Waals surface area contributed by atoms with E-state index in [4.69, 9.17) is 4.99 Å². The van der Waals surface area contributed by atoms with Gasteiger partial charge in [0.1, 0.15) is 0 Å². The molecule has 0 heterocycles. The van der Waals surface area contributed by atoms with Crippen LogP contribution in [-0.2, 0) is 0 Å². The van der Waals surface area contributed by atoms with Gasteiger partial charge in [-0.3, -0.25) is 9.89 Å². The normalized spacial score (nSPS) is 14.9. The van der Waals surface area contributed by atoms with E-state index in [9.17, 15) is 0 Å². The van der Waals surface area contributed by atoms with Crippen LogP contribution >= 0.6 is 24.0 Å². The average Bonchev–Trinajstić information content (AvgIpc) is 2.37. The third kappa shape index (κ3) is 9.00. The van der Waals surface area contributed by atoms with Gasteiger partial charge in [0.15, 0.2) is 5.96 Å². The number of halogens is 1. The molecule has 2 atom stereocenters. The van der Waals surface area contributed by atoms with Crippen LogP contribution in [-0.4, -0.2) is 49.1 Å². The Labute approximate surface area is 143 Å². The third-order valence-electron chi connectivity index (χ3n) is 3.66. The highest BCUT2D eigenvalue weighted by Gasteiger charge is 2.11. The van der Waals surface area contributed by atoms with Crippen LogP contribution < -0.4 is 10.6 Å². The smallest absolute Gasteiger partial charge is 0.191 e. The van der Waals surface area contributed by atoms with Gasteiger partial charge >= 0.3 is 0 Å². The van der Waals surface area contributed by atoms with E-state index < -0.39 is 0 Å². The highest BCUT2D eigenvalue weighted by molar-refractivity contribution is 14.0. The highest BCUT2D eigenvalue weighted by atomic mass is 127. The summed E-state index contributed by atoms with van der Waals surface area (Å²) >= 11 is 0. The van der Waals surface area contributed by atoms with Gasteiger partial charge in [0, 0.05) is 18.6 Å². The Morgan fingerprint density at radius 1 is 1.05 bits per heavy atom. The molecule has 0 radical (unpaired) electrons. The van der Waals surface area contributed by atoms with Gasteiger partial charge in [-0.1, -0.05) is 27.7 Å². The van der Waals surface area contributed by atoms with Gasteiger partial charge < -0.3 is 10.6 Å². The van der Waals surface area contributed by atoms with Gasteiger partial charge in [-0.05, 0) is 39.8 Å². The van der Waals surface area contributed by atoms with Crippen molar-refractivity contribution in [2.45, 2.75) is 60.5 Å². The molecule has 0 rings (SSSR count). The number of nitrogens with one attached hydrogen (secondary N) is 2. The van der Waals surface area contributed by atoms with E-state index in [0.717, 1.165) is 32.1 Å². The molecule has 122 valence electrons. The fourth-order valence-corrected chi connectivity index (χ4v) is 1.89. The van der Waals surface area contributed by atoms with Crippen LogP contribution in [0.2, 0.25) is 0 Å². The van der Waals surface area contributed by atoms with Crippen LogP contribution in [0.5, 0.6) is 0 Å². The molecule has 0 saturated heterocycles. The quantitative estimate of drug-likeness (QED) is 0.375. The van der Waals surface area contributed by atoms with E-state index in [2.05, 4.69) is 64.0 Å². The summed E-state index contributed by atoms with van der Waals surface area (Å²) in [6, 6.07) is 0.918. The van der Waals surface area contributed by atoms with Crippen LogP contribution in [0.25, 0.3) is 0 Å². The summed E-state index contributed by atoms with van der Waals surface area (Å²) in [5.74, 6) is 1.53. The molecule has 0 bridgehead atoms. The molecule has 2 N–H and O–H groups in total. The molecule has 0 saturated carbocycles. The number of rotatable bonds is 8. The average molecular weight is 398 g/mol. The summed E-state index contributed by atoms with van der Waals surface area (Å²) in [6.45, 7) is 19.3. The Balaban J connectivity index is 0. The van der Waals surface area contributed by atoms with Crippen molar-refractivity contribution < 1.29 is 0 Å². The van der Waals surface area contributed by atoms with E-state index >= 15 is 0 Å². The van der Waals surface area contributed by atoms with Crippen LogP contribution in [0.4, 0.5) is 0 Å². The first-order valence-electron chi connectivity index (χ1n) is 7.75. The second-order valence-electron chi connectivity index (χ2n) is 5.47. The zero-order chi connectivity index (χ0) is 14.8. The van der Waals surface area contributed by atoms with Crippen LogP contribution in [0, 0.1) is 5.92 Å². The second kappa shape index (κ2) is 12.7. The van der Waals surface area contributed by atoms with Crippen molar-refractivity contribution in [3.05, 3.63) is 0 Å². The lowest BCUT2D eigenvalue weighted by Crippen LogP contribution is -2.45. The van der Waals surface area contributed by atoms with Crippen molar-refractivity contribution >= 4 is 29.9 Å². The largest absolute Gasteiger partial charge is 0.357 e. The fourth-order valence-electron chi connectivity index (χ4n) is 1.89. The number of guanidine groups is 1. The zero-order valence-corrected chi connectivity index (χ0v) is 16.7. The minimum Gasteiger partial charge on any atom is -0.357 e. The van der Waals surface area contributed by atoms with Gasteiger partial charge in [0.25, 0.3) is 0 Å². The molecule has 0 spiro atoms. The minimum atomic E-state index is 0. The van der Waals surface area contributed by atoms with Gasteiger partial charge in [-0.2, -0.15) is 0 Å². The van der Waals surface area contributed by atoms with Gasteiger partial charge in [0.05, 0.1) is 6.54 Å². The number of nitrogens with zero attached hydrogens (tertiary/aromatic N) is 2. The topological polar surface area (TPSA) is 39.7 Å². The summed E-state index contributed by atoms with van der Waals surface area (Å²) in [5, 5.41) is 6.79.